The quantitative estimate of drug-likeness (QED) is 0.659. The Balaban J connectivity index is 2.56. The Kier molecular flexibility index (Phi) is 4.07. The molecule has 1 unspecified atom stereocenters. The second-order valence-electron chi connectivity index (χ2n) is 4.49. The number of aliphatic hydroxyl groups is 1. The van der Waals surface area contributed by atoms with Crippen molar-refractivity contribution in [3.8, 4) is 0 Å². The summed E-state index contributed by atoms with van der Waals surface area (Å²) in [6.45, 7) is 1.02. The van der Waals surface area contributed by atoms with Gasteiger partial charge in [0.25, 0.3) is 0 Å². The van der Waals surface area contributed by atoms with E-state index in [4.69, 9.17) is 0 Å². The number of hydrogen-bond donors (Lipinski definition) is 2. The van der Waals surface area contributed by atoms with Crippen LogP contribution < -0.4 is 10.4 Å². The Bertz CT molecular complexity index is 490. The van der Waals surface area contributed by atoms with Gasteiger partial charge >= 0.3 is 6.18 Å². The van der Waals surface area contributed by atoms with Crippen molar-refractivity contribution < 1.29 is 23.0 Å². The summed E-state index contributed by atoms with van der Waals surface area (Å²) in [4.78, 5) is 1.54. The molecule has 0 aliphatic carbocycles. The van der Waals surface area contributed by atoms with Crippen LogP contribution >= 0.6 is 0 Å². The summed E-state index contributed by atoms with van der Waals surface area (Å²) in [5.74, 6) is 0. The second-order valence-corrected chi connectivity index (χ2v) is 4.49. The monoisotopic (exact) mass is 291 g/mol. The van der Waals surface area contributed by atoms with Gasteiger partial charge in [-0.3, -0.25) is 0 Å². The van der Waals surface area contributed by atoms with E-state index >= 15 is 0 Å². The predicted molar refractivity (Wildman–Crippen MR) is 67.2 cm³/mol. The van der Waals surface area contributed by atoms with Gasteiger partial charge in [-0.2, -0.15) is 13.2 Å². The maximum Gasteiger partial charge on any atom is 0.418 e. The maximum absolute atomic E-state index is 13.0. The molecule has 1 heterocycles. The summed E-state index contributed by atoms with van der Waals surface area (Å²) in [5, 5.41) is 20.4. The molecule has 5 nitrogen and oxygen atoms in total. The molecule has 1 aromatic carbocycles. The summed E-state index contributed by atoms with van der Waals surface area (Å²) >= 11 is 0. The van der Waals surface area contributed by atoms with Crippen molar-refractivity contribution in [3.63, 3.8) is 0 Å². The highest BCUT2D eigenvalue weighted by Crippen LogP contribution is 2.42. The van der Waals surface area contributed by atoms with Gasteiger partial charge in [-0.25, -0.2) is 0 Å². The number of nitrogens with zero attached hydrogens (tertiary/aromatic N) is 1. The number of nitrogens with one attached hydrogen (secondary N) is 1. The van der Waals surface area contributed by atoms with Crippen molar-refractivity contribution in [2.24, 2.45) is 0 Å². The molecule has 1 fully saturated rings. The van der Waals surface area contributed by atoms with E-state index in [-0.39, 0.29) is 16.9 Å². The summed E-state index contributed by atoms with van der Waals surface area (Å²) < 4.78 is 43.8. The van der Waals surface area contributed by atoms with Crippen LogP contribution in [0, 0.1) is 5.21 Å². The third-order valence-corrected chi connectivity index (χ3v) is 3.27. The van der Waals surface area contributed by atoms with Crippen molar-refractivity contribution in [3.05, 3.63) is 28.5 Å². The van der Waals surface area contributed by atoms with E-state index < -0.39 is 18.0 Å². The molecule has 0 saturated carbocycles. The highest BCUT2D eigenvalue weighted by atomic mass is 19.4. The fourth-order valence-corrected chi connectivity index (χ4v) is 2.07. The minimum absolute atomic E-state index is 0.0163. The Hall–Kier alpha value is -1.51. The zero-order valence-corrected chi connectivity index (χ0v) is 10.7. The minimum Gasteiger partial charge on any atom is -0.761 e. The van der Waals surface area contributed by atoms with Crippen LogP contribution in [0.15, 0.2) is 12.1 Å². The summed E-state index contributed by atoms with van der Waals surface area (Å²) in [5.41, 5.74) is 0.102. The average Bonchev–Trinajstić information content (AvgIpc) is 2.34. The number of anilines is 2. The normalized spacial score (nSPS) is 16.8. The molecule has 2 N–H and O–H groups in total. The van der Waals surface area contributed by atoms with Crippen LogP contribution in [0.4, 0.5) is 24.5 Å². The van der Waals surface area contributed by atoms with E-state index in [0.717, 1.165) is 12.5 Å². The Labute approximate surface area is 113 Å². The first-order valence-electron chi connectivity index (χ1n) is 5.97. The Morgan fingerprint density at radius 3 is 2.45 bits per heavy atom. The smallest absolute Gasteiger partial charge is 0.418 e. The molecule has 112 valence electrons. The van der Waals surface area contributed by atoms with Crippen LogP contribution in [-0.2, 0) is 10.9 Å². The lowest BCUT2D eigenvalue weighted by Crippen LogP contribution is -2.38. The zero-order chi connectivity index (χ0) is 14.9. The first kappa shape index (κ1) is 14.9. The summed E-state index contributed by atoms with van der Waals surface area (Å²) in [6.07, 6.45) is -5.23. The molecule has 0 spiro atoms. The van der Waals surface area contributed by atoms with E-state index in [1.165, 1.54) is 12.6 Å². The SMILES string of the molecule is COC(O)c1cc(N2CCC2)c(C(F)(F)F)cc1N[O-]. The zero-order valence-electron chi connectivity index (χ0n) is 10.7. The molecule has 1 aromatic rings. The molecule has 20 heavy (non-hydrogen) atoms. The molecule has 0 amide bonds. The van der Waals surface area contributed by atoms with Crippen LogP contribution in [0.5, 0.6) is 0 Å². The largest absolute Gasteiger partial charge is 0.761 e. The van der Waals surface area contributed by atoms with Crippen molar-refractivity contribution in [1.29, 1.82) is 0 Å². The van der Waals surface area contributed by atoms with Gasteiger partial charge in [0, 0.05) is 37.1 Å². The third-order valence-electron chi connectivity index (χ3n) is 3.27. The number of methoxy groups -OCH3 is 1. The van der Waals surface area contributed by atoms with Gasteiger partial charge in [-0.05, 0) is 18.6 Å². The lowest BCUT2D eigenvalue weighted by atomic mass is 10.0. The van der Waals surface area contributed by atoms with Crippen LogP contribution in [0.3, 0.4) is 0 Å². The fraction of sp³-hybridized carbons (Fsp3) is 0.500. The first-order valence-corrected chi connectivity index (χ1v) is 5.97. The Morgan fingerprint density at radius 2 is 2.05 bits per heavy atom. The molecule has 0 bridgehead atoms. The first-order chi connectivity index (χ1) is 9.38. The molecule has 1 saturated heterocycles. The standard InChI is InChI=1S/C12H14F3N2O3/c1-20-11(18)7-5-10(17-3-2-4-17)8(12(13,14)15)6-9(7)16-19/h5-6,11,16,18H,2-4H2,1H3/q-1. The van der Waals surface area contributed by atoms with Crippen LogP contribution in [0.1, 0.15) is 23.8 Å². The lowest BCUT2D eigenvalue weighted by Gasteiger charge is -2.36. The van der Waals surface area contributed by atoms with E-state index in [2.05, 4.69) is 4.74 Å². The number of halogens is 3. The van der Waals surface area contributed by atoms with Crippen molar-refractivity contribution in [2.75, 3.05) is 30.6 Å². The molecule has 0 aromatic heterocycles. The molecule has 1 aliphatic rings. The van der Waals surface area contributed by atoms with Gasteiger partial charge in [0.1, 0.15) is 0 Å². The third kappa shape index (κ3) is 2.67. The van der Waals surface area contributed by atoms with Gasteiger partial charge in [-0.15, -0.1) is 0 Å². The molecule has 0 radical (unpaired) electrons. The number of hydrogen-bond acceptors (Lipinski definition) is 5. The average molecular weight is 291 g/mol. The number of benzene rings is 1. The van der Waals surface area contributed by atoms with E-state index in [9.17, 15) is 23.5 Å². The van der Waals surface area contributed by atoms with Crippen LogP contribution in [-0.4, -0.2) is 25.3 Å². The molecule has 2 rings (SSSR count). The predicted octanol–water partition coefficient (Wildman–Crippen LogP) is 2.46. The summed E-state index contributed by atoms with van der Waals surface area (Å²) in [7, 11) is 1.19. The van der Waals surface area contributed by atoms with Crippen molar-refractivity contribution in [1.82, 2.24) is 0 Å². The van der Waals surface area contributed by atoms with Gasteiger partial charge in [0.2, 0.25) is 0 Å². The maximum atomic E-state index is 13.0. The topological polar surface area (TPSA) is 67.8 Å². The number of aliphatic hydroxyl groups excluding tert-OH is 1. The molecular formula is C12H14F3N2O3-. The minimum atomic E-state index is -4.58. The number of rotatable bonds is 4. The van der Waals surface area contributed by atoms with Gasteiger partial charge in [0.05, 0.1) is 5.56 Å². The highest BCUT2D eigenvalue weighted by Gasteiger charge is 2.37. The van der Waals surface area contributed by atoms with E-state index in [1.54, 1.807) is 4.90 Å². The van der Waals surface area contributed by atoms with Gasteiger partial charge in [-0.1, -0.05) is 0 Å². The van der Waals surface area contributed by atoms with Crippen LogP contribution in [0.25, 0.3) is 0 Å². The van der Waals surface area contributed by atoms with E-state index in [0.29, 0.717) is 19.2 Å². The van der Waals surface area contributed by atoms with Crippen molar-refractivity contribution in [2.45, 2.75) is 18.9 Å². The Morgan fingerprint density at radius 1 is 1.40 bits per heavy atom. The van der Waals surface area contributed by atoms with Gasteiger partial charge in [0.15, 0.2) is 6.29 Å². The lowest BCUT2D eigenvalue weighted by molar-refractivity contribution is -0.137. The van der Waals surface area contributed by atoms with Crippen molar-refractivity contribution >= 4 is 11.4 Å². The molecular weight excluding hydrogens is 277 g/mol. The number of alkyl halides is 3. The van der Waals surface area contributed by atoms with E-state index in [1.807, 2.05) is 0 Å². The fourth-order valence-electron chi connectivity index (χ4n) is 2.07. The highest BCUT2D eigenvalue weighted by molar-refractivity contribution is 5.67. The molecule has 1 atom stereocenters. The van der Waals surface area contributed by atoms with Gasteiger partial charge < -0.3 is 25.4 Å². The summed E-state index contributed by atoms with van der Waals surface area (Å²) in [6, 6.07) is 1.86. The second kappa shape index (κ2) is 5.47. The van der Waals surface area contributed by atoms with Crippen LogP contribution in [0.2, 0.25) is 0 Å². The molecule has 1 aliphatic heterocycles. The number of ether oxygens (including phenoxy) is 1. The molecule has 8 heteroatoms.